The first-order chi connectivity index (χ1) is 14.3. The van der Waals surface area contributed by atoms with Crippen LogP contribution in [0.4, 0.5) is 0 Å². The van der Waals surface area contributed by atoms with E-state index >= 15 is 0 Å². The lowest BCUT2D eigenvalue weighted by Gasteiger charge is -2.05. The van der Waals surface area contributed by atoms with E-state index in [9.17, 15) is 0 Å². The summed E-state index contributed by atoms with van der Waals surface area (Å²) in [7, 11) is 1.68. The fraction of sp³-hybridized carbons (Fsp3) is 0.167. The number of benzene rings is 1. The van der Waals surface area contributed by atoms with Crippen LogP contribution in [0.3, 0.4) is 0 Å². The number of H-pyrrole nitrogens is 2. The standard InChI is InChI=1S/C24H22N4O/c1-3-15-5-4-6-21-17(9-15)19(11-25-21)23-13-28-24(14-27-23)20-12-26-22-8-7-16(29-2)10-18(20)22/h4-5,7-14,25-26H,3,6H2,1-2H3. The van der Waals surface area contributed by atoms with Gasteiger partial charge in [-0.15, -0.1) is 0 Å². The zero-order chi connectivity index (χ0) is 19.8. The highest BCUT2D eigenvalue weighted by molar-refractivity contribution is 5.95. The molecule has 3 heterocycles. The lowest BCUT2D eigenvalue weighted by Crippen LogP contribution is -1.90. The molecular weight excluding hydrogens is 360 g/mol. The van der Waals surface area contributed by atoms with Gasteiger partial charge in [-0.05, 0) is 36.3 Å². The summed E-state index contributed by atoms with van der Waals surface area (Å²) >= 11 is 0. The molecule has 4 aromatic rings. The number of aromatic nitrogens is 4. The maximum Gasteiger partial charge on any atom is 0.119 e. The third kappa shape index (κ3) is 3.05. The molecule has 0 amide bonds. The molecule has 0 bridgehead atoms. The lowest BCUT2D eigenvalue weighted by atomic mass is 10.0. The van der Waals surface area contributed by atoms with E-state index in [2.05, 4.69) is 35.1 Å². The summed E-state index contributed by atoms with van der Waals surface area (Å²) in [6.45, 7) is 2.18. The minimum atomic E-state index is 0.824. The lowest BCUT2D eigenvalue weighted by molar-refractivity contribution is 0.415. The summed E-state index contributed by atoms with van der Waals surface area (Å²) in [5, 5.41) is 1.07. The highest BCUT2D eigenvalue weighted by atomic mass is 16.5. The molecule has 0 fully saturated rings. The molecule has 0 saturated carbocycles. The monoisotopic (exact) mass is 382 g/mol. The summed E-state index contributed by atoms with van der Waals surface area (Å²) in [6, 6.07) is 5.98. The van der Waals surface area contributed by atoms with Crippen molar-refractivity contribution in [2.75, 3.05) is 7.11 Å². The normalized spacial score (nSPS) is 13.2. The SMILES string of the molecule is CCC1=Cc2c(-c3cnc(-c4c[nH]c5ccc(OC)cc45)cn3)c[nH]c2CC=C1. The summed E-state index contributed by atoms with van der Waals surface area (Å²) in [5.41, 5.74) is 8.62. The molecule has 0 radical (unpaired) electrons. The largest absolute Gasteiger partial charge is 0.497 e. The molecule has 0 unspecified atom stereocenters. The van der Waals surface area contributed by atoms with Crippen molar-refractivity contribution in [2.24, 2.45) is 0 Å². The van der Waals surface area contributed by atoms with Crippen LogP contribution in [0, 0.1) is 0 Å². The third-order valence-corrected chi connectivity index (χ3v) is 5.49. The number of nitrogens with zero attached hydrogens (tertiary/aromatic N) is 2. The molecule has 1 aliphatic rings. The Bertz CT molecular complexity index is 1240. The van der Waals surface area contributed by atoms with Crippen LogP contribution in [0.5, 0.6) is 5.75 Å². The van der Waals surface area contributed by atoms with Crippen molar-refractivity contribution >= 4 is 17.0 Å². The molecule has 0 spiro atoms. The van der Waals surface area contributed by atoms with Gasteiger partial charge in [-0.25, -0.2) is 0 Å². The molecule has 0 atom stereocenters. The van der Waals surface area contributed by atoms with E-state index in [-0.39, 0.29) is 0 Å². The minimum Gasteiger partial charge on any atom is -0.497 e. The second-order valence-electron chi connectivity index (χ2n) is 7.17. The van der Waals surface area contributed by atoms with Gasteiger partial charge in [-0.3, -0.25) is 9.97 Å². The summed E-state index contributed by atoms with van der Waals surface area (Å²) in [4.78, 5) is 16.2. The maximum absolute atomic E-state index is 5.37. The zero-order valence-corrected chi connectivity index (χ0v) is 16.5. The molecular formula is C24H22N4O. The fourth-order valence-corrected chi connectivity index (χ4v) is 3.85. The van der Waals surface area contributed by atoms with Gasteiger partial charge in [-0.2, -0.15) is 0 Å². The van der Waals surface area contributed by atoms with Gasteiger partial charge in [-0.1, -0.05) is 19.1 Å². The second kappa shape index (κ2) is 7.09. The van der Waals surface area contributed by atoms with Gasteiger partial charge in [0.1, 0.15) is 5.75 Å². The Kier molecular flexibility index (Phi) is 4.28. The Balaban J connectivity index is 1.54. The van der Waals surface area contributed by atoms with Gasteiger partial charge in [0.05, 0.1) is 30.9 Å². The Morgan fingerprint density at radius 1 is 1.03 bits per heavy atom. The first kappa shape index (κ1) is 17.5. The van der Waals surface area contributed by atoms with Crippen molar-refractivity contribution in [3.05, 3.63) is 72.0 Å². The highest BCUT2D eigenvalue weighted by Crippen LogP contribution is 2.32. The summed E-state index contributed by atoms with van der Waals surface area (Å²) < 4.78 is 5.37. The first-order valence-corrected chi connectivity index (χ1v) is 9.82. The summed E-state index contributed by atoms with van der Waals surface area (Å²) in [6.07, 6.45) is 16.3. The number of ether oxygens (including phenoxy) is 1. The van der Waals surface area contributed by atoms with Crippen molar-refractivity contribution in [2.45, 2.75) is 19.8 Å². The van der Waals surface area contributed by atoms with Crippen LogP contribution >= 0.6 is 0 Å². The van der Waals surface area contributed by atoms with E-state index in [1.54, 1.807) is 7.11 Å². The fourth-order valence-electron chi connectivity index (χ4n) is 3.85. The smallest absolute Gasteiger partial charge is 0.119 e. The molecule has 5 heteroatoms. The molecule has 29 heavy (non-hydrogen) atoms. The van der Waals surface area contributed by atoms with Gasteiger partial charge in [0.2, 0.25) is 0 Å². The number of nitrogens with one attached hydrogen (secondary N) is 2. The quantitative estimate of drug-likeness (QED) is 0.487. The van der Waals surface area contributed by atoms with Crippen LogP contribution < -0.4 is 4.74 Å². The molecule has 1 aliphatic carbocycles. The molecule has 144 valence electrons. The average molecular weight is 382 g/mol. The van der Waals surface area contributed by atoms with Gasteiger partial charge < -0.3 is 14.7 Å². The minimum absolute atomic E-state index is 0.824. The molecule has 5 rings (SSSR count). The topological polar surface area (TPSA) is 66.6 Å². The Morgan fingerprint density at radius 3 is 2.59 bits per heavy atom. The number of methoxy groups -OCH3 is 1. The number of aromatic amines is 2. The zero-order valence-electron chi connectivity index (χ0n) is 16.5. The Morgan fingerprint density at radius 2 is 1.83 bits per heavy atom. The van der Waals surface area contributed by atoms with Crippen molar-refractivity contribution in [3.63, 3.8) is 0 Å². The van der Waals surface area contributed by atoms with E-state index in [1.165, 1.54) is 16.8 Å². The molecule has 0 aliphatic heterocycles. The predicted molar refractivity (Wildman–Crippen MR) is 117 cm³/mol. The van der Waals surface area contributed by atoms with E-state index in [1.807, 2.05) is 43.0 Å². The Labute approximate surface area is 169 Å². The van der Waals surface area contributed by atoms with Gasteiger partial charge in [0.15, 0.2) is 0 Å². The number of allylic oxidation sites excluding steroid dienone is 3. The van der Waals surface area contributed by atoms with Crippen LogP contribution in [0.15, 0.2) is 60.7 Å². The van der Waals surface area contributed by atoms with Crippen LogP contribution in [0.2, 0.25) is 0 Å². The van der Waals surface area contributed by atoms with Crippen LogP contribution in [-0.4, -0.2) is 27.0 Å². The number of rotatable bonds is 4. The van der Waals surface area contributed by atoms with Crippen molar-refractivity contribution in [3.8, 4) is 28.3 Å². The van der Waals surface area contributed by atoms with Gasteiger partial charge in [0.25, 0.3) is 0 Å². The van der Waals surface area contributed by atoms with Crippen LogP contribution in [0.25, 0.3) is 39.5 Å². The predicted octanol–water partition coefficient (Wildman–Crippen LogP) is 5.53. The number of hydrogen-bond acceptors (Lipinski definition) is 3. The Hall–Kier alpha value is -3.60. The third-order valence-electron chi connectivity index (χ3n) is 5.49. The molecule has 5 nitrogen and oxygen atoms in total. The maximum atomic E-state index is 5.37. The molecule has 0 saturated heterocycles. The van der Waals surface area contributed by atoms with E-state index < -0.39 is 0 Å². The van der Waals surface area contributed by atoms with Crippen molar-refractivity contribution in [1.29, 1.82) is 0 Å². The van der Waals surface area contributed by atoms with Gasteiger partial charge in [0, 0.05) is 52.1 Å². The summed E-state index contributed by atoms with van der Waals surface area (Å²) in [5.74, 6) is 0.824. The number of fused-ring (bicyclic) bond motifs is 2. The van der Waals surface area contributed by atoms with E-state index in [0.717, 1.165) is 52.0 Å². The first-order valence-electron chi connectivity index (χ1n) is 9.82. The van der Waals surface area contributed by atoms with Gasteiger partial charge >= 0.3 is 0 Å². The van der Waals surface area contributed by atoms with E-state index in [4.69, 9.17) is 14.7 Å². The molecule has 2 N–H and O–H groups in total. The van der Waals surface area contributed by atoms with Crippen molar-refractivity contribution in [1.82, 2.24) is 19.9 Å². The second-order valence-corrected chi connectivity index (χ2v) is 7.17. The average Bonchev–Trinajstić information content (AvgIpc) is 3.31. The van der Waals surface area contributed by atoms with Crippen molar-refractivity contribution < 1.29 is 4.74 Å². The van der Waals surface area contributed by atoms with E-state index in [0.29, 0.717) is 0 Å². The van der Waals surface area contributed by atoms with Crippen LogP contribution in [0.1, 0.15) is 24.6 Å². The number of hydrogen-bond donors (Lipinski definition) is 2. The molecule has 1 aromatic carbocycles. The highest BCUT2D eigenvalue weighted by Gasteiger charge is 2.15. The molecule has 3 aromatic heterocycles. The van der Waals surface area contributed by atoms with Crippen LogP contribution in [-0.2, 0) is 6.42 Å².